The van der Waals surface area contributed by atoms with Gasteiger partial charge in [-0.2, -0.15) is 26.3 Å². The summed E-state index contributed by atoms with van der Waals surface area (Å²) in [6.45, 7) is 4.86. The van der Waals surface area contributed by atoms with Crippen LogP contribution in [-0.4, -0.2) is 40.8 Å². The van der Waals surface area contributed by atoms with Crippen LogP contribution in [-0.2, 0) is 18.9 Å². The highest BCUT2D eigenvalue weighted by Crippen LogP contribution is 2.48. The van der Waals surface area contributed by atoms with E-state index in [0.717, 1.165) is 18.6 Å². The highest BCUT2D eigenvalue weighted by molar-refractivity contribution is 5.83. The molecule has 2 aromatic carbocycles. The van der Waals surface area contributed by atoms with Gasteiger partial charge in [0.05, 0.1) is 36.8 Å². The molecule has 3 saturated heterocycles. The molecule has 5 atom stereocenters. The lowest BCUT2D eigenvalue weighted by Crippen LogP contribution is -3.00. The molecular weight excluding hydrogens is 602 g/mol. The largest absolute Gasteiger partial charge is 1.00 e. The summed E-state index contributed by atoms with van der Waals surface area (Å²) >= 11 is 0. The summed E-state index contributed by atoms with van der Waals surface area (Å²) in [5.41, 5.74) is -1.47. The molecule has 0 amide bonds. The SMILES string of the molecule is C=CC1C[N+]2(Cc3cc(C(F)(F)F)cc(C(F)(F)F)c3)CCC1CC2C(O)c1ccnc2ccc(OC)cc12.[Br-]. The van der Waals surface area contributed by atoms with Gasteiger partial charge in [-0.25, -0.2) is 0 Å². The molecule has 3 fully saturated rings. The molecule has 40 heavy (non-hydrogen) atoms. The van der Waals surface area contributed by atoms with Gasteiger partial charge in [-0.3, -0.25) is 4.98 Å². The van der Waals surface area contributed by atoms with Crippen LogP contribution in [0.4, 0.5) is 26.3 Å². The number of hydrogen-bond donors (Lipinski definition) is 1. The number of benzene rings is 2. The summed E-state index contributed by atoms with van der Waals surface area (Å²) in [5.74, 6) is 0.843. The maximum Gasteiger partial charge on any atom is 0.416 e. The van der Waals surface area contributed by atoms with Gasteiger partial charge in [-0.15, -0.1) is 6.58 Å². The van der Waals surface area contributed by atoms with Crippen LogP contribution in [0.15, 0.2) is 61.3 Å². The first kappa shape index (κ1) is 30.3. The maximum absolute atomic E-state index is 13.6. The lowest BCUT2D eigenvalue weighted by molar-refractivity contribution is -0.984. The zero-order valence-electron chi connectivity index (χ0n) is 21.6. The lowest BCUT2D eigenvalue weighted by Gasteiger charge is -2.58. The van der Waals surface area contributed by atoms with Gasteiger partial charge in [-0.05, 0) is 53.9 Å². The van der Waals surface area contributed by atoms with Crippen LogP contribution in [0.25, 0.3) is 10.9 Å². The Morgan fingerprint density at radius 2 is 1.75 bits per heavy atom. The van der Waals surface area contributed by atoms with Crippen molar-refractivity contribution in [3.05, 3.63) is 83.6 Å². The van der Waals surface area contributed by atoms with Crippen LogP contribution in [0.2, 0.25) is 0 Å². The fourth-order valence-electron chi connectivity index (χ4n) is 6.59. The number of fused-ring (bicyclic) bond motifs is 4. The van der Waals surface area contributed by atoms with Gasteiger partial charge in [0, 0.05) is 35.9 Å². The van der Waals surface area contributed by atoms with Crippen molar-refractivity contribution in [2.75, 3.05) is 20.2 Å². The Balaban J connectivity index is 0.00000370. The van der Waals surface area contributed by atoms with E-state index in [-0.39, 0.29) is 51.5 Å². The normalized spacial score (nSPS) is 25.4. The number of rotatable bonds is 6. The molecule has 216 valence electrons. The van der Waals surface area contributed by atoms with Crippen LogP contribution in [0.1, 0.15) is 41.2 Å². The molecule has 2 bridgehead atoms. The van der Waals surface area contributed by atoms with Crippen molar-refractivity contribution >= 4 is 10.9 Å². The molecular formula is C29H29BrF6N2O2. The van der Waals surface area contributed by atoms with Gasteiger partial charge in [-0.1, -0.05) is 6.08 Å². The van der Waals surface area contributed by atoms with E-state index in [1.54, 1.807) is 30.5 Å². The fraction of sp³-hybridized carbons (Fsp3) is 0.414. The number of ether oxygens (including phenoxy) is 1. The Bertz CT molecular complexity index is 1360. The molecule has 1 aromatic heterocycles. The summed E-state index contributed by atoms with van der Waals surface area (Å²) in [7, 11) is 1.53. The van der Waals surface area contributed by atoms with Gasteiger partial charge in [0.15, 0.2) is 0 Å². The minimum absolute atomic E-state index is 0. The highest BCUT2D eigenvalue weighted by atomic mass is 79.9. The number of halogens is 7. The summed E-state index contributed by atoms with van der Waals surface area (Å²) in [6, 6.07) is 8.34. The molecule has 0 radical (unpaired) electrons. The number of piperidine rings is 3. The zero-order valence-corrected chi connectivity index (χ0v) is 23.2. The van der Waals surface area contributed by atoms with Crippen LogP contribution >= 0.6 is 0 Å². The van der Waals surface area contributed by atoms with E-state index >= 15 is 0 Å². The van der Waals surface area contributed by atoms with Crippen molar-refractivity contribution in [2.45, 2.75) is 43.9 Å². The average Bonchev–Trinajstić information content (AvgIpc) is 2.90. The van der Waals surface area contributed by atoms with E-state index < -0.39 is 35.6 Å². The van der Waals surface area contributed by atoms with Crippen LogP contribution in [0, 0.1) is 11.8 Å². The third-order valence-electron chi connectivity index (χ3n) is 8.49. The Labute approximate surface area is 238 Å². The number of nitrogens with zero attached hydrogens (tertiary/aromatic N) is 2. The number of hydrogen-bond acceptors (Lipinski definition) is 3. The second kappa shape index (κ2) is 11.0. The Hall–Kier alpha value is -2.63. The molecule has 11 heteroatoms. The Morgan fingerprint density at radius 3 is 2.35 bits per heavy atom. The summed E-state index contributed by atoms with van der Waals surface area (Å²) in [6.07, 6.45) is -6.16. The van der Waals surface area contributed by atoms with Crippen molar-refractivity contribution < 1.29 is 57.7 Å². The molecule has 4 nitrogen and oxygen atoms in total. The van der Waals surface area contributed by atoms with Gasteiger partial charge < -0.3 is 31.3 Å². The monoisotopic (exact) mass is 630 g/mol. The maximum atomic E-state index is 13.6. The molecule has 4 heterocycles. The minimum Gasteiger partial charge on any atom is -1.00 e. The van der Waals surface area contributed by atoms with E-state index in [1.165, 1.54) is 7.11 Å². The van der Waals surface area contributed by atoms with Crippen molar-refractivity contribution in [2.24, 2.45) is 11.8 Å². The molecule has 1 N–H and O–H groups in total. The van der Waals surface area contributed by atoms with Crippen molar-refractivity contribution in [1.82, 2.24) is 4.98 Å². The van der Waals surface area contributed by atoms with Gasteiger partial charge in [0.2, 0.25) is 0 Å². The molecule has 3 aliphatic heterocycles. The quantitative estimate of drug-likeness (QED) is 0.255. The number of alkyl halides is 6. The smallest absolute Gasteiger partial charge is 0.416 e. The first-order chi connectivity index (χ1) is 18.3. The molecule has 3 aliphatic rings. The topological polar surface area (TPSA) is 42.4 Å². The Morgan fingerprint density at radius 1 is 1.07 bits per heavy atom. The van der Waals surface area contributed by atoms with Crippen molar-refractivity contribution in [3.63, 3.8) is 0 Å². The zero-order chi connectivity index (χ0) is 28.2. The number of aliphatic hydroxyl groups excluding tert-OH is 1. The molecule has 6 rings (SSSR count). The van der Waals surface area contributed by atoms with Crippen LogP contribution < -0.4 is 21.7 Å². The van der Waals surface area contributed by atoms with Gasteiger partial charge >= 0.3 is 12.4 Å². The predicted molar refractivity (Wildman–Crippen MR) is 134 cm³/mol. The molecule has 5 unspecified atom stereocenters. The number of quaternary nitrogens is 1. The van der Waals surface area contributed by atoms with E-state index in [1.807, 2.05) is 6.08 Å². The second-order valence-corrected chi connectivity index (χ2v) is 10.7. The second-order valence-electron chi connectivity index (χ2n) is 10.7. The summed E-state index contributed by atoms with van der Waals surface area (Å²) < 4.78 is 87.2. The van der Waals surface area contributed by atoms with E-state index in [9.17, 15) is 31.4 Å². The van der Waals surface area contributed by atoms with E-state index in [2.05, 4.69) is 11.6 Å². The predicted octanol–water partition coefficient (Wildman–Crippen LogP) is 3.93. The summed E-state index contributed by atoms with van der Waals surface area (Å²) in [5, 5.41) is 12.5. The number of aromatic nitrogens is 1. The fourth-order valence-corrected chi connectivity index (χ4v) is 6.59. The van der Waals surface area contributed by atoms with E-state index in [0.29, 0.717) is 41.7 Å². The van der Waals surface area contributed by atoms with Gasteiger partial charge in [0.1, 0.15) is 24.4 Å². The average molecular weight is 631 g/mol. The van der Waals surface area contributed by atoms with Gasteiger partial charge in [0.25, 0.3) is 0 Å². The Kier molecular flexibility index (Phi) is 8.33. The first-order valence-corrected chi connectivity index (χ1v) is 12.7. The highest BCUT2D eigenvalue weighted by Gasteiger charge is 2.54. The number of methoxy groups -OCH3 is 1. The standard InChI is InChI=1S/C29H29F6N2O2.BrH/c1-3-18-16-37(15-17-10-20(28(30,31)32)13-21(11-17)29(33,34)35)9-7-19(18)12-26(37)27(38)23-6-8-36-25-5-4-22(39-2)14-24(23)25;/h3-6,8,10-11,13-14,18-19,26-27,38H,1,7,9,12,15-16H2,2H3;1H/q+1;/p-1. The molecule has 0 saturated carbocycles. The lowest BCUT2D eigenvalue weighted by atomic mass is 9.71. The van der Waals surface area contributed by atoms with Crippen molar-refractivity contribution in [1.29, 1.82) is 0 Å². The molecule has 3 aromatic rings. The van der Waals surface area contributed by atoms with Crippen LogP contribution in [0.5, 0.6) is 5.75 Å². The minimum atomic E-state index is -4.93. The van der Waals surface area contributed by atoms with Crippen molar-refractivity contribution in [3.8, 4) is 5.75 Å². The molecule has 0 spiro atoms. The number of aliphatic hydroxyl groups is 1. The number of pyridine rings is 1. The third-order valence-corrected chi connectivity index (χ3v) is 8.49. The molecule has 0 aliphatic carbocycles. The first-order valence-electron chi connectivity index (χ1n) is 12.7. The third kappa shape index (κ3) is 5.60. The van der Waals surface area contributed by atoms with E-state index in [4.69, 9.17) is 4.74 Å². The summed E-state index contributed by atoms with van der Waals surface area (Å²) in [4.78, 5) is 4.37. The van der Waals surface area contributed by atoms with Crippen LogP contribution in [0.3, 0.4) is 0 Å².